The molecule has 1 unspecified atom stereocenters. The second kappa shape index (κ2) is 8.15. The van der Waals surface area contributed by atoms with Gasteiger partial charge in [-0.25, -0.2) is 0 Å². The van der Waals surface area contributed by atoms with Crippen LogP contribution in [0.15, 0.2) is 0 Å². The number of esters is 1. The van der Waals surface area contributed by atoms with Crippen molar-refractivity contribution >= 4 is 11.9 Å². The molecule has 1 aliphatic heterocycles. The van der Waals surface area contributed by atoms with E-state index in [1.807, 2.05) is 13.8 Å². The number of hydrogen-bond acceptors (Lipinski definition) is 4. The van der Waals surface area contributed by atoms with Crippen molar-refractivity contribution in [3.8, 4) is 0 Å². The summed E-state index contributed by atoms with van der Waals surface area (Å²) in [5.41, 5.74) is 0. The molecule has 1 rings (SSSR count). The van der Waals surface area contributed by atoms with E-state index in [-0.39, 0.29) is 24.4 Å². The van der Waals surface area contributed by atoms with Crippen LogP contribution in [0.2, 0.25) is 0 Å². The van der Waals surface area contributed by atoms with Crippen LogP contribution in [0.1, 0.15) is 39.5 Å². The lowest BCUT2D eigenvalue weighted by Crippen LogP contribution is -2.39. The van der Waals surface area contributed by atoms with Crippen molar-refractivity contribution in [2.24, 2.45) is 5.92 Å². The zero-order valence-corrected chi connectivity index (χ0v) is 12.2. The van der Waals surface area contributed by atoms with Gasteiger partial charge >= 0.3 is 5.97 Å². The maximum atomic E-state index is 12.2. The molecule has 1 saturated heterocycles. The lowest BCUT2D eigenvalue weighted by atomic mass is 10.1. The molecule has 1 atom stereocenters. The lowest BCUT2D eigenvalue weighted by molar-refractivity contribution is -0.142. The third-order valence-electron chi connectivity index (χ3n) is 3.20. The topological polar surface area (TPSA) is 55.8 Å². The maximum absolute atomic E-state index is 12.2. The summed E-state index contributed by atoms with van der Waals surface area (Å²) < 4.78 is 10.2. The summed E-state index contributed by atoms with van der Waals surface area (Å²) in [4.78, 5) is 25.1. The van der Waals surface area contributed by atoms with E-state index in [9.17, 15) is 9.59 Å². The Hall–Kier alpha value is -1.10. The third-order valence-corrected chi connectivity index (χ3v) is 3.20. The fourth-order valence-electron chi connectivity index (χ4n) is 2.16. The standard InChI is InChI=1S/C14H25NO4/c1-11(2)9-13(16)15(7-6-14(17)18-3)10-12-5-4-8-19-12/h11-12H,4-10H2,1-3H3. The van der Waals surface area contributed by atoms with Crippen LogP contribution in [-0.2, 0) is 19.1 Å². The highest BCUT2D eigenvalue weighted by atomic mass is 16.5. The Balaban J connectivity index is 2.50. The molecule has 5 nitrogen and oxygen atoms in total. The first-order chi connectivity index (χ1) is 9.02. The van der Waals surface area contributed by atoms with Crippen LogP contribution >= 0.6 is 0 Å². The van der Waals surface area contributed by atoms with Gasteiger partial charge in [0, 0.05) is 26.1 Å². The summed E-state index contributed by atoms with van der Waals surface area (Å²) >= 11 is 0. The van der Waals surface area contributed by atoms with Crippen molar-refractivity contribution < 1.29 is 19.1 Å². The van der Waals surface area contributed by atoms with E-state index in [0.717, 1.165) is 19.4 Å². The first-order valence-electron chi connectivity index (χ1n) is 6.99. The van der Waals surface area contributed by atoms with Gasteiger partial charge in [0.05, 0.1) is 19.6 Å². The highest BCUT2D eigenvalue weighted by Gasteiger charge is 2.23. The average molecular weight is 271 g/mol. The van der Waals surface area contributed by atoms with Gasteiger partial charge in [0.15, 0.2) is 0 Å². The molecule has 0 saturated carbocycles. The van der Waals surface area contributed by atoms with Gasteiger partial charge in [0.2, 0.25) is 5.91 Å². The molecule has 0 aromatic heterocycles. The van der Waals surface area contributed by atoms with Gasteiger partial charge in [0.1, 0.15) is 0 Å². The normalized spacial score (nSPS) is 18.6. The summed E-state index contributed by atoms with van der Waals surface area (Å²) in [6.45, 7) is 5.80. The molecule has 1 amide bonds. The molecular formula is C14H25NO4. The van der Waals surface area contributed by atoms with E-state index < -0.39 is 0 Å². The predicted molar refractivity (Wildman–Crippen MR) is 71.6 cm³/mol. The van der Waals surface area contributed by atoms with Crippen LogP contribution in [0, 0.1) is 5.92 Å². The SMILES string of the molecule is COC(=O)CCN(CC1CCCO1)C(=O)CC(C)C. The lowest BCUT2D eigenvalue weighted by Gasteiger charge is -2.26. The van der Waals surface area contributed by atoms with Crippen LogP contribution < -0.4 is 0 Å². The monoisotopic (exact) mass is 271 g/mol. The van der Waals surface area contributed by atoms with E-state index >= 15 is 0 Å². The maximum Gasteiger partial charge on any atom is 0.307 e. The molecule has 19 heavy (non-hydrogen) atoms. The first-order valence-corrected chi connectivity index (χ1v) is 6.99. The minimum atomic E-state index is -0.283. The van der Waals surface area contributed by atoms with Crippen molar-refractivity contribution in [2.45, 2.75) is 45.6 Å². The van der Waals surface area contributed by atoms with Gasteiger partial charge in [-0.1, -0.05) is 13.8 Å². The van der Waals surface area contributed by atoms with E-state index in [4.69, 9.17) is 4.74 Å². The highest BCUT2D eigenvalue weighted by molar-refractivity contribution is 5.77. The molecule has 0 radical (unpaired) electrons. The van der Waals surface area contributed by atoms with Gasteiger partial charge < -0.3 is 14.4 Å². The molecule has 0 aliphatic carbocycles. The minimum Gasteiger partial charge on any atom is -0.469 e. The van der Waals surface area contributed by atoms with Crippen molar-refractivity contribution in [2.75, 3.05) is 26.8 Å². The number of hydrogen-bond donors (Lipinski definition) is 0. The van der Waals surface area contributed by atoms with Crippen molar-refractivity contribution in [1.82, 2.24) is 4.90 Å². The Morgan fingerprint density at radius 3 is 2.68 bits per heavy atom. The van der Waals surface area contributed by atoms with Crippen LogP contribution in [-0.4, -0.2) is 49.7 Å². The molecular weight excluding hydrogens is 246 g/mol. The summed E-state index contributed by atoms with van der Waals surface area (Å²) in [6, 6.07) is 0. The van der Waals surface area contributed by atoms with Gasteiger partial charge in [-0.05, 0) is 18.8 Å². The van der Waals surface area contributed by atoms with Crippen LogP contribution in [0.5, 0.6) is 0 Å². The average Bonchev–Trinajstić information content (AvgIpc) is 2.85. The number of methoxy groups -OCH3 is 1. The Morgan fingerprint density at radius 2 is 2.16 bits per heavy atom. The zero-order valence-electron chi connectivity index (χ0n) is 12.2. The van der Waals surface area contributed by atoms with E-state index in [2.05, 4.69) is 4.74 Å². The quantitative estimate of drug-likeness (QED) is 0.660. The number of ether oxygens (including phenoxy) is 2. The molecule has 1 fully saturated rings. The molecule has 1 heterocycles. The first kappa shape index (κ1) is 16.0. The Labute approximate surface area is 115 Å². The zero-order chi connectivity index (χ0) is 14.3. The Morgan fingerprint density at radius 1 is 1.42 bits per heavy atom. The van der Waals surface area contributed by atoms with Crippen LogP contribution in [0.4, 0.5) is 0 Å². The predicted octanol–water partition coefficient (Wildman–Crippen LogP) is 1.60. The van der Waals surface area contributed by atoms with Gasteiger partial charge in [-0.15, -0.1) is 0 Å². The van der Waals surface area contributed by atoms with Gasteiger partial charge in [0.25, 0.3) is 0 Å². The van der Waals surface area contributed by atoms with Crippen LogP contribution in [0.3, 0.4) is 0 Å². The fraction of sp³-hybridized carbons (Fsp3) is 0.857. The third kappa shape index (κ3) is 6.05. The molecule has 110 valence electrons. The second-order valence-electron chi connectivity index (χ2n) is 5.40. The Kier molecular flexibility index (Phi) is 6.84. The molecule has 0 bridgehead atoms. The molecule has 0 N–H and O–H groups in total. The largest absolute Gasteiger partial charge is 0.469 e. The van der Waals surface area contributed by atoms with E-state index in [1.54, 1.807) is 4.90 Å². The minimum absolute atomic E-state index is 0.0920. The van der Waals surface area contributed by atoms with Crippen LogP contribution in [0.25, 0.3) is 0 Å². The number of carbonyl (C=O) groups excluding carboxylic acids is 2. The van der Waals surface area contributed by atoms with Gasteiger partial charge in [-0.2, -0.15) is 0 Å². The van der Waals surface area contributed by atoms with Crippen molar-refractivity contribution in [3.05, 3.63) is 0 Å². The smallest absolute Gasteiger partial charge is 0.307 e. The fourth-order valence-corrected chi connectivity index (χ4v) is 2.16. The van der Waals surface area contributed by atoms with Gasteiger partial charge in [-0.3, -0.25) is 9.59 Å². The molecule has 0 spiro atoms. The summed E-state index contributed by atoms with van der Waals surface area (Å²) in [5.74, 6) is 0.127. The second-order valence-corrected chi connectivity index (χ2v) is 5.40. The highest BCUT2D eigenvalue weighted by Crippen LogP contribution is 2.15. The Bertz CT molecular complexity index is 298. The molecule has 0 aromatic rings. The number of rotatable bonds is 7. The molecule has 0 aromatic carbocycles. The number of amides is 1. The summed E-state index contributed by atoms with van der Waals surface area (Å²) in [6.07, 6.45) is 2.91. The summed E-state index contributed by atoms with van der Waals surface area (Å²) in [7, 11) is 1.36. The number of carbonyl (C=O) groups is 2. The van der Waals surface area contributed by atoms with Crippen molar-refractivity contribution in [3.63, 3.8) is 0 Å². The number of nitrogens with zero attached hydrogens (tertiary/aromatic N) is 1. The van der Waals surface area contributed by atoms with E-state index in [1.165, 1.54) is 7.11 Å². The molecule has 5 heteroatoms. The molecule has 1 aliphatic rings. The summed E-state index contributed by atoms with van der Waals surface area (Å²) in [5, 5.41) is 0. The van der Waals surface area contributed by atoms with E-state index in [0.29, 0.717) is 25.4 Å². The van der Waals surface area contributed by atoms with Crippen molar-refractivity contribution in [1.29, 1.82) is 0 Å².